The number of nitrogens with zero attached hydrogens (tertiary/aromatic N) is 3. The maximum Gasteiger partial charge on any atom is 0.221 e. The summed E-state index contributed by atoms with van der Waals surface area (Å²) in [5.74, 6) is 2.38. The zero-order valence-electron chi connectivity index (χ0n) is 18.4. The van der Waals surface area contributed by atoms with Crippen LogP contribution in [0, 0.1) is 0 Å². The third kappa shape index (κ3) is 6.28. The molecule has 2 N–H and O–H groups in total. The quantitative estimate of drug-likeness (QED) is 0.403. The van der Waals surface area contributed by atoms with E-state index in [1.165, 1.54) is 6.92 Å². The number of amides is 1. The first-order valence-electron chi connectivity index (χ1n) is 10.4. The molecular formula is C23H31N5O3. The van der Waals surface area contributed by atoms with E-state index in [9.17, 15) is 4.79 Å². The molecule has 0 bridgehead atoms. The van der Waals surface area contributed by atoms with Gasteiger partial charge in [-0.05, 0) is 24.3 Å². The first kappa shape index (κ1) is 22.3. The zero-order valence-corrected chi connectivity index (χ0v) is 18.4. The number of benzene rings is 2. The lowest BCUT2D eigenvalue weighted by atomic mass is 10.2. The SMILES string of the molecule is CN=C(NCCOc1cccc(NC(C)=O)c1)N1CCN(c2ccccc2OC)CC1. The summed E-state index contributed by atoms with van der Waals surface area (Å²) >= 11 is 0. The lowest BCUT2D eigenvalue weighted by molar-refractivity contribution is -0.114. The number of guanidine groups is 1. The highest BCUT2D eigenvalue weighted by atomic mass is 16.5. The van der Waals surface area contributed by atoms with Crippen molar-refractivity contribution in [3.63, 3.8) is 0 Å². The highest BCUT2D eigenvalue weighted by molar-refractivity contribution is 5.88. The summed E-state index contributed by atoms with van der Waals surface area (Å²) in [6.45, 7) is 6.14. The normalized spacial score (nSPS) is 14.2. The monoisotopic (exact) mass is 425 g/mol. The highest BCUT2D eigenvalue weighted by Crippen LogP contribution is 2.28. The molecule has 8 nitrogen and oxygen atoms in total. The fourth-order valence-electron chi connectivity index (χ4n) is 3.58. The van der Waals surface area contributed by atoms with Crippen LogP contribution >= 0.6 is 0 Å². The average molecular weight is 426 g/mol. The molecule has 0 aromatic heterocycles. The third-order valence-electron chi connectivity index (χ3n) is 5.03. The van der Waals surface area contributed by atoms with Crippen molar-refractivity contribution >= 4 is 23.2 Å². The Morgan fingerprint density at radius 3 is 2.58 bits per heavy atom. The van der Waals surface area contributed by atoms with Crippen molar-refractivity contribution in [2.75, 3.05) is 63.7 Å². The number of piperazine rings is 1. The molecule has 1 aliphatic heterocycles. The lowest BCUT2D eigenvalue weighted by Crippen LogP contribution is -2.53. The van der Waals surface area contributed by atoms with Gasteiger partial charge in [-0.25, -0.2) is 0 Å². The molecule has 3 rings (SSSR count). The zero-order chi connectivity index (χ0) is 22.1. The van der Waals surface area contributed by atoms with Gasteiger partial charge in [0.1, 0.15) is 18.1 Å². The van der Waals surface area contributed by atoms with Crippen molar-refractivity contribution in [2.45, 2.75) is 6.92 Å². The Bertz CT molecular complexity index is 894. The number of carbonyl (C=O) groups is 1. The second-order valence-corrected chi connectivity index (χ2v) is 7.18. The Morgan fingerprint density at radius 2 is 1.87 bits per heavy atom. The van der Waals surface area contributed by atoms with Crippen LogP contribution in [0.4, 0.5) is 11.4 Å². The largest absolute Gasteiger partial charge is 0.495 e. The number of rotatable bonds is 7. The number of ether oxygens (including phenoxy) is 2. The van der Waals surface area contributed by atoms with Gasteiger partial charge in [-0.2, -0.15) is 0 Å². The van der Waals surface area contributed by atoms with Crippen LogP contribution in [-0.4, -0.2) is 70.3 Å². The molecule has 1 aliphatic rings. The summed E-state index contributed by atoms with van der Waals surface area (Å²) < 4.78 is 11.3. The van der Waals surface area contributed by atoms with E-state index in [0.717, 1.165) is 49.3 Å². The second-order valence-electron chi connectivity index (χ2n) is 7.18. The van der Waals surface area contributed by atoms with Crippen LogP contribution in [0.25, 0.3) is 0 Å². The van der Waals surface area contributed by atoms with Gasteiger partial charge in [-0.1, -0.05) is 18.2 Å². The Balaban J connectivity index is 1.44. The minimum atomic E-state index is -0.103. The molecule has 0 unspecified atom stereocenters. The van der Waals surface area contributed by atoms with E-state index < -0.39 is 0 Å². The van der Waals surface area contributed by atoms with Crippen LogP contribution in [0.15, 0.2) is 53.5 Å². The first-order valence-corrected chi connectivity index (χ1v) is 10.4. The molecule has 1 fully saturated rings. The van der Waals surface area contributed by atoms with Gasteiger partial charge in [0.2, 0.25) is 5.91 Å². The second kappa shape index (κ2) is 11.1. The summed E-state index contributed by atoms with van der Waals surface area (Å²) in [5.41, 5.74) is 1.85. The highest BCUT2D eigenvalue weighted by Gasteiger charge is 2.21. The number of methoxy groups -OCH3 is 1. The number of carbonyl (C=O) groups excluding carboxylic acids is 1. The number of para-hydroxylation sites is 2. The van der Waals surface area contributed by atoms with E-state index in [1.807, 2.05) is 42.5 Å². The van der Waals surface area contributed by atoms with E-state index in [2.05, 4.69) is 31.5 Å². The summed E-state index contributed by atoms with van der Waals surface area (Å²) in [5, 5.41) is 6.13. The topological polar surface area (TPSA) is 78.4 Å². The fourth-order valence-corrected chi connectivity index (χ4v) is 3.58. The third-order valence-corrected chi connectivity index (χ3v) is 5.03. The predicted octanol–water partition coefficient (Wildman–Crippen LogP) is 2.43. The van der Waals surface area contributed by atoms with E-state index in [4.69, 9.17) is 9.47 Å². The molecule has 2 aromatic carbocycles. The van der Waals surface area contributed by atoms with Crippen molar-refractivity contribution in [1.82, 2.24) is 10.2 Å². The van der Waals surface area contributed by atoms with Crippen molar-refractivity contribution < 1.29 is 14.3 Å². The molecule has 8 heteroatoms. The molecule has 0 aliphatic carbocycles. The van der Waals surface area contributed by atoms with Gasteiger partial charge in [0, 0.05) is 51.9 Å². The number of hydrogen-bond acceptors (Lipinski definition) is 5. The molecular weight excluding hydrogens is 394 g/mol. The van der Waals surface area contributed by atoms with Crippen LogP contribution in [0.3, 0.4) is 0 Å². The number of nitrogens with one attached hydrogen (secondary N) is 2. The number of hydrogen-bond donors (Lipinski definition) is 2. The lowest BCUT2D eigenvalue weighted by Gasteiger charge is -2.38. The van der Waals surface area contributed by atoms with Gasteiger partial charge in [-0.15, -0.1) is 0 Å². The van der Waals surface area contributed by atoms with Crippen LogP contribution in [0.2, 0.25) is 0 Å². The van der Waals surface area contributed by atoms with Gasteiger partial charge >= 0.3 is 0 Å². The van der Waals surface area contributed by atoms with Crippen LogP contribution in [0.1, 0.15) is 6.92 Å². The molecule has 2 aromatic rings. The van der Waals surface area contributed by atoms with Gasteiger partial charge in [0.15, 0.2) is 5.96 Å². The Labute approximate surface area is 183 Å². The predicted molar refractivity (Wildman–Crippen MR) is 124 cm³/mol. The average Bonchev–Trinajstić information content (AvgIpc) is 2.79. The van der Waals surface area contributed by atoms with Crippen molar-refractivity contribution in [2.24, 2.45) is 4.99 Å². The van der Waals surface area contributed by atoms with Crippen molar-refractivity contribution in [1.29, 1.82) is 0 Å². The van der Waals surface area contributed by atoms with Crippen molar-refractivity contribution in [3.8, 4) is 11.5 Å². The number of anilines is 2. The molecule has 0 spiro atoms. The minimum absolute atomic E-state index is 0.103. The smallest absolute Gasteiger partial charge is 0.221 e. The summed E-state index contributed by atoms with van der Waals surface area (Å²) in [6, 6.07) is 15.5. The van der Waals surface area contributed by atoms with Crippen LogP contribution < -0.4 is 25.0 Å². The molecule has 0 saturated carbocycles. The molecule has 1 amide bonds. The van der Waals surface area contributed by atoms with Gasteiger partial charge in [0.05, 0.1) is 19.3 Å². The molecule has 1 heterocycles. The van der Waals surface area contributed by atoms with E-state index in [1.54, 1.807) is 14.2 Å². The standard InChI is InChI=1S/C23H31N5O3/c1-18(29)26-19-7-6-8-20(17-19)31-16-11-25-23(24-2)28-14-12-27(13-15-28)21-9-4-5-10-22(21)30-3/h4-10,17H,11-16H2,1-3H3,(H,24,25)(H,26,29). The Kier molecular flexibility index (Phi) is 7.98. The van der Waals surface area contributed by atoms with Gasteiger partial charge in [0.25, 0.3) is 0 Å². The molecule has 0 radical (unpaired) electrons. The van der Waals surface area contributed by atoms with E-state index >= 15 is 0 Å². The molecule has 166 valence electrons. The van der Waals surface area contributed by atoms with Crippen molar-refractivity contribution in [3.05, 3.63) is 48.5 Å². The van der Waals surface area contributed by atoms with E-state index in [0.29, 0.717) is 18.9 Å². The van der Waals surface area contributed by atoms with E-state index in [-0.39, 0.29) is 5.91 Å². The summed E-state index contributed by atoms with van der Waals surface area (Å²) in [7, 11) is 3.51. The summed E-state index contributed by atoms with van der Waals surface area (Å²) in [4.78, 5) is 20.2. The number of aliphatic imine (C=N–C) groups is 1. The maximum atomic E-state index is 11.2. The molecule has 0 atom stereocenters. The van der Waals surface area contributed by atoms with Crippen LogP contribution in [0.5, 0.6) is 11.5 Å². The Morgan fingerprint density at radius 1 is 1.10 bits per heavy atom. The fraction of sp³-hybridized carbons (Fsp3) is 0.391. The van der Waals surface area contributed by atoms with Gasteiger partial charge < -0.3 is 29.9 Å². The Hall–Kier alpha value is -3.42. The minimum Gasteiger partial charge on any atom is -0.495 e. The molecule has 1 saturated heterocycles. The van der Waals surface area contributed by atoms with Crippen LogP contribution in [-0.2, 0) is 4.79 Å². The van der Waals surface area contributed by atoms with Gasteiger partial charge in [-0.3, -0.25) is 9.79 Å². The maximum absolute atomic E-state index is 11.2. The summed E-state index contributed by atoms with van der Waals surface area (Å²) in [6.07, 6.45) is 0. The molecule has 31 heavy (non-hydrogen) atoms. The first-order chi connectivity index (χ1) is 15.1.